The van der Waals surface area contributed by atoms with Gasteiger partial charge in [-0.05, 0) is 0 Å². The molecule has 68 valence electrons. The zero-order valence-corrected chi connectivity index (χ0v) is 7.99. The summed E-state index contributed by atoms with van der Waals surface area (Å²) in [6.45, 7) is 0.0760. The van der Waals surface area contributed by atoms with Crippen LogP contribution in [0, 0.1) is 0 Å². The molecule has 0 bridgehead atoms. The van der Waals surface area contributed by atoms with Crippen molar-refractivity contribution in [3.8, 4) is 0 Å². The molecule has 6 heteroatoms. The van der Waals surface area contributed by atoms with Crippen LogP contribution in [0.5, 0.6) is 0 Å². The van der Waals surface area contributed by atoms with Gasteiger partial charge >= 0.3 is 9.05 Å². The van der Waals surface area contributed by atoms with Crippen LogP contribution in [0.4, 0.5) is 0 Å². The van der Waals surface area contributed by atoms with Crippen LogP contribution in [0.3, 0.4) is 0 Å². The van der Waals surface area contributed by atoms with E-state index in [0.717, 1.165) is 0 Å². The minimum atomic E-state index is -2.90. The highest BCUT2D eigenvalue weighted by molar-refractivity contribution is 6.53. The average Bonchev–Trinajstić information content (AvgIpc) is 2.08. The van der Waals surface area contributed by atoms with E-state index in [4.69, 9.17) is 22.8 Å². The lowest BCUT2D eigenvalue weighted by Crippen LogP contribution is -2.47. The van der Waals surface area contributed by atoms with Crippen molar-refractivity contribution in [2.24, 2.45) is 0 Å². The SMILES string of the molecule is CO[Si](OC)(OC)OCCO. The smallest absolute Gasteiger partial charge is 0.394 e. The van der Waals surface area contributed by atoms with Crippen LogP contribution < -0.4 is 0 Å². The summed E-state index contributed by atoms with van der Waals surface area (Å²) in [5, 5.41) is 8.45. The van der Waals surface area contributed by atoms with Crippen molar-refractivity contribution in [1.29, 1.82) is 0 Å². The summed E-state index contributed by atoms with van der Waals surface area (Å²) in [7, 11) is 1.42. The highest BCUT2D eigenvalue weighted by atomic mass is 28.4. The van der Waals surface area contributed by atoms with Gasteiger partial charge in [0.25, 0.3) is 0 Å². The first-order valence-electron chi connectivity index (χ1n) is 3.15. The highest BCUT2D eigenvalue weighted by Gasteiger charge is 2.41. The molecule has 0 saturated heterocycles. The molecule has 0 atom stereocenters. The Morgan fingerprint density at radius 1 is 1.09 bits per heavy atom. The second-order valence-electron chi connectivity index (χ2n) is 1.68. The van der Waals surface area contributed by atoms with E-state index in [2.05, 4.69) is 0 Å². The molecule has 0 aliphatic heterocycles. The Labute approximate surface area is 67.3 Å². The minimum absolute atomic E-state index is 0.0785. The number of hydrogen-bond acceptors (Lipinski definition) is 5. The van der Waals surface area contributed by atoms with E-state index in [1.165, 1.54) is 21.3 Å². The molecular weight excluding hydrogens is 168 g/mol. The van der Waals surface area contributed by atoms with Crippen molar-refractivity contribution in [3.63, 3.8) is 0 Å². The van der Waals surface area contributed by atoms with Crippen LogP contribution in [0.25, 0.3) is 0 Å². The Morgan fingerprint density at radius 2 is 1.55 bits per heavy atom. The summed E-state index contributed by atoms with van der Waals surface area (Å²) in [6, 6.07) is 0. The molecule has 0 aliphatic rings. The second kappa shape index (κ2) is 5.64. The first-order valence-corrected chi connectivity index (χ1v) is 4.78. The molecule has 0 radical (unpaired) electrons. The number of rotatable bonds is 6. The maximum atomic E-state index is 8.45. The summed E-state index contributed by atoms with van der Waals surface area (Å²) in [5.41, 5.74) is 0. The molecule has 0 aliphatic carbocycles. The third-order valence-electron chi connectivity index (χ3n) is 1.12. The summed E-state index contributed by atoms with van der Waals surface area (Å²) >= 11 is 0. The number of aliphatic hydroxyl groups excluding tert-OH is 1. The third kappa shape index (κ3) is 3.28. The predicted octanol–water partition coefficient (Wildman–Crippen LogP) is -0.630. The second-order valence-corrected chi connectivity index (χ2v) is 4.20. The van der Waals surface area contributed by atoms with Crippen LogP contribution in [0.1, 0.15) is 0 Å². The van der Waals surface area contributed by atoms with Crippen molar-refractivity contribution in [1.82, 2.24) is 0 Å². The average molecular weight is 182 g/mol. The van der Waals surface area contributed by atoms with Crippen LogP contribution in [-0.4, -0.2) is 48.7 Å². The predicted molar refractivity (Wildman–Crippen MR) is 39.8 cm³/mol. The van der Waals surface area contributed by atoms with E-state index in [0.29, 0.717) is 0 Å². The largest absolute Gasteiger partial charge is 0.678 e. The molecule has 0 aromatic rings. The quantitative estimate of drug-likeness (QED) is 0.554. The van der Waals surface area contributed by atoms with E-state index in [1.807, 2.05) is 0 Å². The monoisotopic (exact) mass is 182 g/mol. The van der Waals surface area contributed by atoms with Gasteiger partial charge in [0, 0.05) is 21.3 Å². The molecule has 0 fully saturated rings. The van der Waals surface area contributed by atoms with Gasteiger partial charge in [-0.1, -0.05) is 0 Å². The van der Waals surface area contributed by atoms with Crippen molar-refractivity contribution < 1.29 is 22.8 Å². The van der Waals surface area contributed by atoms with E-state index in [9.17, 15) is 0 Å². The summed E-state index contributed by atoms with van der Waals surface area (Å²) < 4.78 is 19.7. The van der Waals surface area contributed by atoms with Crippen LogP contribution in [-0.2, 0) is 17.7 Å². The van der Waals surface area contributed by atoms with Crippen LogP contribution in [0.2, 0.25) is 0 Å². The number of hydrogen-bond donors (Lipinski definition) is 1. The van der Waals surface area contributed by atoms with E-state index in [-0.39, 0.29) is 13.2 Å². The molecule has 0 heterocycles. The van der Waals surface area contributed by atoms with Gasteiger partial charge in [0.1, 0.15) is 0 Å². The Hall–Kier alpha value is 0.0169. The van der Waals surface area contributed by atoms with E-state index >= 15 is 0 Å². The van der Waals surface area contributed by atoms with Gasteiger partial charge in [0.05, 0.1) is 13.2 Å². The van der Waals surface area contributed by atoms with Crippen molar-refractivity contribution in [3.05, 3.63) is 0 Å². The topological polar surface area (TPSA) is 57.2 Å². The van der Waals surface area contributed by atoms with Gasteiger partial charge in [-0.3, -0.25) is 0 Å². The van der Waals surface area contributed by atoms with E-state index in [1.54, 1.807) is 0 Å². The third-order valence-corrected chi connectivity index (χ3v) is 3.18. The molecule has 11 heavy (non-hydrogen) atoms. The zero-order chi connectivity index (χ0) is 8.74. The van der Waals surface area contributed by atoms with Crippen molar-refractivity contribution >= 4 is 9.05 Å². The molecule has 0 unspecified atom stereocenters. The fraction of sp³-hybridized carbons (Fsp3) is 1.00. The molecular formula is C5H14O5Si. The molecule has 0 amide bonds. The molecule has 5 nitrogen and oxygen atoms in total. The first-order chi connectivity index (χ1) is 5.24. The Balaban J connectivity index is 3.84. The molecule has 0 aromatic carbocycles. The Bertz CT molecular complexity index is 86.6. The van der Waals surface area contributed by atoms with Gasteiger partial charge < -0.3 is 22.8 Å². The lowest BCUT2D eigenvalue weighted by Gasteiger charge is -2.22. The molecule has 0 spiro atoms. The normalized spacial score (nSPS) is 12.0. The molecule has 1 N–H and O–H groups in total. The van der Waals surface area contributed by atoms with Crippen molar-refractivity contribution in [2.75, 3.05) is 34.5 Å². The molecule has 0 rings (SSSR count). The lowest BCUT2D eigenvalue weighted by molar-refractivity contribution is -0.00256. The molecule has 0 aromatic heterocycles. The summed E-state index contributed by atoms with van der Waals surface area (Å²) in [6.07, 6.45) is 0. The van der Waals surface area contributed by atoms with Gasteiger partial charge in [-0.15, -0.1) is 0 Å². The maximum absolute atomic E-state index is 8.45. The summed E-state index contributed by atoms with van der Waals surface area (Å²) in [5.74, 6) is 0. The van der Waals surface area contributed by atoms with Crippen molar-refractivity contribution in [2.45, 2.75) is 0 Å². The Morgan fingerprint density at radius 3 is 1.82 bits per heavy atom. The first kappa shape index (κ1) is 11.0. The van der Waals surface area contributed by atoms with Gasteiger partial charge in [-0.2, -0.15) is 0 Å². The van der Waals surface area contributed by atoms with E-state index < -0.39 is 9.05 Å². The zero-order valence-electron chi connectivity index (χ0n) is 6.99. The highest BCUT2D eigenvalue weighted by Crippen LogP contribution is 2.06. The standard InChI is InChI=1S/C5H14O5Si/c1-7-11(8-2,9-3)10-5-4-6/h6H,4-5H2,1-3H3. The minimum Gasteiger partial charge on any atom is -0.394 e. The maximum Gasteiger partial charge on any atom is 0.678 e. The van der Waals surface area contributed by atoms with Crippen LogP contribution >= 0.6 is 0 Å². The summed E-state index contributed by atoms with van der Waals surface area (Å²) in [4.78, 5) is 0. The van der Waals surface area contributed by atoms with Gasteiger partial charge in [0.15, 0.2) is 0 Å². The lowest BCUT2D eigenvalue weighted by atomic mass is 10.8. The fourth-order valence-corrected chi connectivity index (χ4v) is 1.79. The van der Waals surface area contributed by atoms with Gasteiger partial charge in [0.2, 0.25) is 0 Å². The Kier molecular flexibility index (Phi) is 5.65. The number of aliphatic hydroxyl groups is 1. The van der Waals surface area contributed by atoms with Crippen LogP contribution in [0.15, 0.2) is 0 Å². The van der Waals surface area contributed by atoms with Gasteiger partial charge in [-0.25, -0.2) is 0 Å². The fourth-order valence-electron chi connectivity index (χ4n) is 0.597. The molecule has 0 saturated carbocycles.